The molecule has 0 aromatic heterocycles. The molecular formula is C16H23ClN2O2. The highest BCUT2D eigenvalue weighted by atomic mass is 35.5. The van der Waals surface area contributed by atoms with Crippen molar-refractivity contribution in [2.45, 2.75) is 43.9 Å². The van der Waals surface area contributed by atoms with Gasteiger partial charge >= 0.3 is 0 Å². The third-order valence-corrected chi connectivity index (χ3v) is 4.48. The maximum Gasteiger partial charge on any atom is 0.138 e. The van der Waals surface area contributed by atoms with Crippen molar-refractivity contribution in [1.82, 2.24) is 4.90 Å². The first kappa shape index (κ1) is 15.1. The highest BCUT2D eigenvalue weighted by Gasteiger charge is 2.26. The molecule has 1 saturated heterocycles. The highest BCUT2D eigenvalue weighted by Crippen LogP contribution is 2.33. The molecule has 2 aliphatic rings. The van der Waals surface area contributed by atoms with E-state index >= 15 is 0 Å². The number of nitrogens with two attached hydrogens (primary N) is 1. The van der Waals surface area contributed by atoms with Gasteiger partial charge in [-0.2, -0.15) is 0 Å². The molecule has 0 radical (unpaired) electrons. The van der Waals surface area contributed by atoms with Crippen LogP contribution in [0.3, 0.4) is 0 Å². The lowest BCUT2D eigenvalue weighted by Crippen LogP contribution is -2.40. The van der Waals surface area contributed by atoms with Crippen molar-refractivity contribution in [2.24, 2.45) is 5.73 Å². The van der Waals surface area contributed by atoms with Gasteiger partial charge in [-0.15, -0.1) is 0 Å². The predicted molar refractivity (Wildman–Crippen MR) is 83.7 cm³/mol. The van der Waals surface area contributed by atoms with Gasteiger partial charge < -0.3 is 20.5 Å². The van der Waals surface area contributed by atoms with Gasteiger partial charge in [-0.25, -0.2) is 0 Å². The second-order valence-electron chi connectivity index (χ2n) is 6.12. The number of likely N-dealkylation sites (tertiary alicyclic amines) is 1. The average molecular weight is 311 g/mol. The van der Waals surface area contributed by atoms with E-state index in [0.717, 1.165) is 38.0 Å². The van der Waals surface area contributed by atoms with Gasteiger partial charge in [-0.05, 0) is 56.5 Å². The summed E-state index contributed by atoms with van der Waals surface area (Å²) in [6, 6.07) is 5.17. The maximum absolute atomic E-state index is 10.4. The normalized spacial score (nSPS) is 22.2. The van der Waals surface area contributed by atoms with Crippen molar-refractivity contribution >= 4 is 11.6 Å². The van der Waals surface area contributed by atoms with Crippen LogP contribution in [-0.4, -0.2) is 41.8 Å². The standard InChI is InChI=1S/C16H23ClN2O2/c17-13-9-11(3-6-15(13)21-12-4-5-12)16(20)14(18)10-19-7-1-2-8-19/h3,6,9,12,14,16,20H,1-2,4-5,7-8,10,18H2/t14-,16+/m1/s1. The third-order valence-electron chi connectivity index (χ3n) is 4.19. The Balaban J connectivity index is 1.62. The summed E-state index contributed by atoms with van der Waals surface area (Å²) in [7, 11) is 0. The van der Waals surface area contributed by atoms with Crippen LogP contribution in [0.25, 0.3) is 0 Å². The zero-order valence-electron chi connectivity index (χ0n) is 12.2. The molecule has 5 heteroatoms. The summed E-state index contributed by atoms with van der Waals surface area (Å²) >= 11 is 6.23. The Hall–Kier alpha value is -0.810. The van der Waals surface area contributed by atoms with E-state index in [9.17, 15) is 5.11 Å². The Morgan fingerprint density at radius 3 is 2.67 bits per heavy atom. The minimum absolute atomic E-state index is 0.297. The van der Waals surface area contributed by atoms with Crippen LogP contribution in [-0.2, 0) is 0 Å². The number of nitrogens with zero attached hydrogens (tertiary/aromatic N) is 1. The van der Waals surface area contributed by atoms with Crippen molar-refractivity contribution in [3.8, 4) is 5.75 Å². The summed E-state index contributed by atoms with van der Waals surface area (Å²) in [5, 5.41) is 11.0. The van der Waals surface area contributed by atoms with Gasteiger partial charge in [0.15, 0.2) is 0 Å². The van der Waals surface area contributed by atoms with E-state index in [1.54, 1.807) is 6.07 Å². The van der Waals surface area contributed by atoms with Crippen molar-refractivity contribution in [3.05, 3.63) is 28.8 Å². The molecule has 2 atom stereocenters. The molecule has 0 bridgehead atoms. The Morgan fingerprint density at radius 2 is 2.05 bits per heavy atom. The summed E-state index contributed by atoms with van der Waals surface area (Å²) < 4.78 is 5.71. The van der Waals surface area contributed by atoms with E-state index in [1.165, 1.54) is 12.8 Å². The predicted octanol–water partition coefficient (Wildman–Crippen LogP) is 2.34. The number of hydrogen-bond acceptors (Lipinski definition) is 4. The summed E-state index contributed by atoms with van der Waals surface area (Å²) in [6.45, 7) is 2.88. The Bertz CT molecular complexity index is 487. The van der Waals surface area contributed by atoms with E-state index in [2.05, 4.69) is 4.90 Å². The zero-order valence-corrected chi connectivity index (χ0v) is 12.9. The maximum atomic E-state index is 10.4. The molecule has 116 valence electrons. The van der Waals surface area contributed by atoms with Crippen LogP contribution < -0.4 is 10.5 Å². The summed E-state index contributed by atoms with van der Waals surface area (Å²) in [5.74, 6) is 0.697. The first-order chi connectivity index (χ1) is 10.1. The summed E-state index contributed by atoms with van der Waals surface area (Å²) in [6.07, 6.45) is 4.26. The molecule has 1 saturated carbocycles. The van der Waals surface area contributed by atoms with Crippen LogP contribution in [0.2, 0.25) is 5.02 Å². The van der Waals surface area contributed by atoms with Crippen LogP contribution in [0.15, 0.2) is 18.2 Å². The summed E-state index contributed by atoms with van der Waals surface area (Å²) in [4.78, 5) is 2.31. The molecule has 4 nitrogen and oxygen atoms in total. The van der Waals surface area contributed by atoms with E-state index in [-0.39, 0.29) is 6.04 Å². The summed E-state index contributed by atoms with van der Waals surface area (Å²) in [5.41, 5.74) is 6.90. The van der Waals surface area contributed by atoms with Crippen LogP contribution in [0.5, 0.6) is 5.75 Å². The number of rotatable bonds is 6. The van der Waals surface area contributed by atoms with Crippen molar-refractivity contribution in [3.63, 3.8) is 0 Å². The molecule has 1 aromatic rings. The first-order valence-corrected chi connectivity index (χ1v) is 8.13. The van der Waals surface area contributed by atoms with Crippen LogP contribution in [0.4, 0.5) is 0 Å². The fourth-order valence-electron chi connectivity index (χ4n) is 2.77. The van der Waals surface area contributed by atoms with Gasteiger partial charge in [0.05, 0.1) is 17.2 Å². The SMILES string of the molecule is N[C@H](CN1CCCC1)[C@@H](O)c1ccc(OC2CC2)c(Cl)c1. The van der Waals surface area contributed by atoms with Crippen molar-refractivity contribution in [2.75, 3.05) is 19.6 Å². The van der Waals surface area contributed by atoms with E-state index < -0.39 is 6.10 Å². The van der Waals surface area contributed by atoms with Crippen LogP contribution >= 0.6 is 11.6 Å². The molecule has 1 heterocycles. The third kappa shape index (κ3) is 3.89. The quantitative estimate of drug-likeness (QED) is 0.847. The second-order valence-corrected chi connectivity index (χ2v) is 6.53. The number of hydrogen-bond donors (Lipinski definition) is 2. The second kappa shape index (κ2) is 6.53. The average Bonchev–Trinajstić information content (AvgIpc) is 3.14. The number of aliphatic hydroxyl groups is 1. The zero-order chi connectivity index (χ0) is 14.8. The van der Waals surface area contributed by atoms with Crippen molar-refractivity contribution in [1.29, 1.82) is 0 Å². The van der Waals surface area contributed by atoms with Crippen LogP contribution in [0.1, 0.15) is 37.4 Å². The minimum atomic E-state index is -0.696. The Morgan fingerprint density at radius 1 is 1.33 bits per heavy atom. The fraction of sp³-hybridized carbons (Fsp3) is 0.625. The largest absolute Gasteiger partial charge is 0.489 e. The van der Waals surface area contributed by atoms with E-state index in [4.69, 9.17) is 22.1 Å². The smallest absolute Gasteiger partial charge is 0.138 e. The van der Waals surface area contributed by atoms with Gasteiger partial charge in [0.2, 0.25) is 0 Å². The van der Waals surface area contributed by atoms with Gasteiger partial charge in [0, 0.05) is 12.6 Å². The number of halogens is 1. The Kier molecular flexibility index (Phi) is 4.69. The van der Waals surface area contributed by atoms with Gasteiger partial charge in [-0.3, -0.25) is 0 Å². The topological polar surface area (TPSA) is 58.7 Å². The van der Waals surface area contributed by atoms with Gasteiger partial charge in [0.1, 0.15) is 5.75 Å². The van der Waals surface area contributed by atoms with Gasteiger partial charge in [0.25, 0.3) is 0 Å². The monoisotopic (exact) mass is 310 g/mol. The van der Waals surface area contributed by atoms with Crippen molar-refractivity contribution < 1.29 is 9.84 Å². The lowest BCUT2D eigenvalue weighted by molar-refractivity contribution is 0.125. The molecule has 3 N–H and O–H groups in total. The molecule has 3 rings (SSSR count). The lowest BCUT2D eigenvalue weighted by atomic mass is 10.0. The van der Waals surface area contributed by atoms with Crippen LogP contribution in [0, 0.1) is 0 Å². The fourth-order valence-corrected chi connectivity index (χ4v) is 3.01. The molecule has 1 aromatic carbocycles. The molecule has 2 fully saturated rings. The Labute approximate surface area is 130 Å². The number of aliphatic hydroxyl groups excluding tert-OH is 1. The number of ether oxygens (including phenoxy) is 1. The minimum Gasteiger partial charge on any atom is -0.489 e. The molecule has 1 aliphatic heterocycles. The van der Waals surface area contributed by atoms with E-state index in [1.807, 2.05) is 12.1 Å². The molecule has 21 heavy (non-hydrogen) atoms. The first-order valence-electron chi connectivity index (χ1n) is 7.75. The molecule has 1 aliphatic carbocycles. The molecular weight excluding hydrogens is 288 g/mol. The number of benzene rings is 1. The lowest BCUT2D eigenvalue weighted by Gasteiger charge is -2.24. The highest BCUT2D eigenvalue weighted by molar-refractivity contribution is 6.32. The molecule has 0 spiro atoms. The van der Waals surface area contributed by atoms with E-state index in [0.29, 0.717) is 16.9 Å². The molecule has 0 unspecified atom stereocenters. The van der Waals surface area contributed by atoms with Gasteiger partial charge in [-0.1, -0.05) is 17.7 Å². The molecule has 0 amide bonds.